The summed E-state index contributed by atoms with van der Waals surface area (Å²) in [4.78, 5) is 23.9. The maximum Gasteiger partial charge on any atom is 0.416 e. The lowest BCUT2D eigenvalue weighted by Gasteiger charge is -2.24. The van der Waals surface area contributed by atoms with E-state index in [-0.39, 0.29) is 10.6 Å². The molecule has 3 rings (SSSR count). The van der Waals surface area contributed by atoms with E-state index in [4.69, 9.17) is 0 Å². The fraction of sp³-hybridized carbons (Fsp3) is 0.160. The zero-order valence-electron chi connectivity index (χ0n) is 19.7. The first kappa shape index (κ1) is 27.4. The molecule has 0 spiro atoms. The van der Waals surface area contributed by atoms with Crippen LogP contribution in [0.5, 0.6) is 0 Å². The summed E-state index contributed by atoms with van der Waals surface area (Å²) in [5.41, 5.74) is 2.35. The first-order valence-electron chi connectivity index (χ1n) is 10.7. The highest BCUT2D eigenvalue weighted by Crippen LogP contribution is 2.33. The van der Waals surface area contributed by atoms with Gasteiger partial charge in [-0.3, -0.25) is 9.10 Å². The highest BCUT2D eigenvalue weighted by molar-refractivity contribution is 7.92. The second-order valence-electron chi connectivity index (χ2n) is 7.78. The maximum absolute atomic E-state index is 13.3. The molecule has 12 heteroatoms. The predicted octanol–water partition coefficient (Wildman–Crippen LogP) is 4.15. The van der Waals surface area contributed by atoms with Crippen molar-refractivity contribution in [1.82, 2.24) is 5.43 Å². The lowest BCUT2D eigenvalue weighted by molar-refractivity contribution is -0.137. The van der Waals surface area contributed by atoms with Crippen molar-refractivity contribution in [2.24, 2.45) is 5.10 Å². The van der Waals surface area contributed by atoms with Crippen molar-refractivity contribution < 1.29 is 35.9 Å². The molecule has 1 N–H and O–H groups in total. The quantitative estimate of drug-likeness (QED) is 0.266. The summed E-state index contributed by atoms with van der Waals surface area (Å²) < 4.78 is 71.7. The number of hydrazone groups is 1. The Bertz CT molecular complexity index is 1400. The second kappa shape index (κ2) is 11.2. The van der Waals surface area contributed by atoms with Crippen LogP contribution in [-0.2, 0) is 25.7 Å². The topological polar surface area (TPSA) is 105 Å². The SMILES string of the molecule is COC(=O)c1ccc(/C=N\NC(=O)CN(c2cccc(C(F)(F)F)c2)S(=O)(=O)c2ccc(C)cc2)cc1. The summed E-state index contributed by atoms with van der Waals surface area (Å²) in [6, 6.07) is 15.4. The number of alkyl halides is 3. The molecule has 194 valence electrons. The number of methoxy groups -OCH3 is 1. The molecule has 0 bridgehead atoms. The number of hydrogen-bond acceptors (Lipinski definition) is 6. The smallest absolute Gasteiger partial charge is 0.416 e. The third-order valence-electron chi connectivity index (χ3n) is 5.09. The fourth-order valence-electron chi connectivity index (χ4n) is 3.16. The molecule has 37 heavy (non-hydrogen) atoms. The zero-order chi connectivity index (χ0) is 27.2. The Morgan fingerprint density at radius 2 is 1.68 bits per heavy atom. The van der Waals surface area contributed by atoms with Crippen molar-refractivity contribution in [3.05, 3.63) is 95.1 Å². The molecular formula is C25H22F3N3O5S. The Hall–Kier alpha value is -4.19. The summed E-state index contributed by atoms with van der Waals surface area (Å²) >= 11 is 0. The van der Waals surface area contributed by atoms with Gasteiger partial charge >= 0.3 is 12.1 Å². The molecular weight excluding hydrogens is 511 g/mol. The van der Waals surface area contributed by atoms with E-state index in [2.05, 4.69) is 15.3 Å². The van der Waals surface area contributed by atoms with Crippen LogP contribution in [0.15, 0.2) is 82.8 Å². The number of halogens is 3. The molecule has 0 aliphatic carbocycles. The van der Waals surface area contributed by atoms with Gasteiger partial charge in [0.2, 0.25) is 0 Å². The average Bonchev–Trinajstić information content (AvgIpc) is 2.87. The van der Waals surface area contributed by atoms with Crippen LogP contribution in [0.4, 0.5) is 18.9 Å². The number of amides is 1. The van der Waals surface area contributed by atoms with Crippen LogP contribution in [0.3, 0.4) is 0 Å². The third kappa shape index (κ3) is 6.94. The Morgan fingerprint density at radius 3 is 2.27 bits per heavy atom. The van der Waals surface area contributed by atoms with Gasteiger partial charge in [0.25, 0.3) is 15.9 Å². The molecule has 3 aromatic rings. The van der Waals surface area contributed by atoms with E-state index in [9.17, 15) is 31.2 Å². The van der Waals surface area contributed by atoms with E-state index in [0.717, 1.165) is 17.7 Å². The summed E-state index contributed by atoms with van der Waals surface area (Å²) in [7, 11) is -3.17. The number of aryl methyl sites for hydroxylation is 1. The van der Waals surface area contributed by atoms with Gasteiger partial charge in [-0.15, -0.1) is 0 Å². The molecule has 0 aliphatic rings. The molecule has 0 fully saturated rings. The number of carbonyl (C=O) groups excluding carboxylic acids is 2. The molecule has 1 amide bonds. The molecule has 0 unspecified atom stereocenters. The zero-order valence-corrected chi connectivity index (χ0v) is 20.5. The maximum atomic E-state index is 13.3. The lowest BCUT2D eigenvalue weighted by Crippen LogP contribution is -2.39. The van der Waals surface area contributed by atoms with Crippen LogP contribution in [0, 0.1) is 6.92 Å². The first-order chi connectivity index (χ1) is 17.4. The molecule has 8 nitrogen and oxygen atoms in total. The summed E-state index contributed by atoms with van der Waals surface area (Å²) in [5, 5.41) is 3.76. The van der Waals surface area contributed by atoms with Crippen molar-refractivity contribution in [1.29, 1.82) is 0 Å². The first-order valence-corrected chi connectivity index (χ1v) is 12.1. The minimum absolute atomic E-state index is 0.197. The highest BCUT2D eigenvalue weighted by atomic mass is 32.2. The van der Waals surface area contributed by atoms with Gasteiger partial charge in [0.15, 0.2) is 0 Å². The number of hydrogen-bond donors (Lipinski definition) is 1. The van der Waals surface area contributed by atoms with Crippen LogP contribution in [0.2, 0.25) is 0 Å². The molecule has 3 aromatic carbocycles. The van der Waals surface area contributed by atoms with Crippen LogP contribution >= 0.6 is 0 Å². The van der Waals surface area contributed by atoms with E-state index in [1.165, 1.54) is 55.8 Å². The number of sulfonamides is 1. The number of rotatable bonds is 8. The Kier molecular flexibility index (Phi) is 8.33. The number of anilines is 1. The lowest BCUT2D eigenvalue weighted by atomic mass is 10.1. The minimum atomic E-state index is -4.72. The number of nitrogens with zero attached hydrogens (tertiary/aromatic N) is 2. The molecule has 0 aliphatic heterocycles. The Balaban J connectivity index is 1.85. The molecule has 0 heterocycles. The number of ether oxygens (including phenoxy) is 1. The van der Waals surface area contributed by atoms with E-state index >= 15 is 0 Å². The monoisotopic (exact) mass is 533 g/mol. The van der Waals surface area contributed by atoms with Crippen molar-refractivity contribution in [2.75, 3.05) is 18.0 Å². The average molecular weight is 534 g/mol. The van der Waals surface area contributed by atoms with Crippen LogP contribution in [0.25, 0.3) is 0 Å². The van der Waals surface area contributed by atoms with Crippen LogP contribution in [0.1, 0.15) is 27.0 Å². The van der Waals surface area contributed by atoms with E-state index in [0.29, 0.717) is 21.5 Å². The largest absolute Gasteiger partial charge is 0.465 e. The molecule has 0 aromatic heterocycles. The predicted molar refractivity (Wildman–Crippen MR) is 131 cm³/mol. The molecule has 0 saturated carbocycles. The highest BCUT2D eigenvalue weighted by Gasteiger charge is 2.33. The number of carbonyl (C=O) groups is 2. The Morgan fingerprint density at radius 1 is 1.03 bits per heavy atom. The third-order valence-corrected chi connectivity index (χ3v) is 6.88. The van der Waals surface area contributed by atoms with Crippen molar-refractivity contribution in [3.8, 4) is 0 Å². The van der Waals surface area contributed by atoms with E-state index in [1.54, 1.807) is 19.1 Å². The standard InChI is InChI=1S/C25H22F3N3O5S/c1-17-6-12-22(13-7-17)37(34,35)31(21-5-3-4-20(14-21)25(26,27)28)16-23(32)30-29-15-18-8-10-19(11-9-18)24(33)36-2/h3-15H,16H2,1-2H3,(H,30,32)/b29-15-. The van der Waals surface area contributed by atoms with Crippen LogP contribution in [-0.4, -0.2) is 40.2 Å². The normalized spacial score (nSPS) is 11.8. The molecule has 0 saturated heterocycles. The summed E-state index contributed by atoms with van der Waals surface area (Å²) in [6.45, 7) is 0.908. The van der Waals surface area contributed by atoms with Gasteiger partial charge < -0.3 is 4.74 Å². The Labute approximate surface area is 211 Å². The van der Waals surface area contributed by atoms with E-state index < -0.39 is 40.2 Å². The van der Waals surface area contributed by atoms with Gasteiger partial charge in [-0.1, -0.05) is 35.9 Å². The van der Waals surface area contributed by atoms with Gasteiger partial charge in [-0.25, -0.2) is 18.6 Å². The van der Waals surface area contributed by atoms with Gasteiger partial charge in [-0.05, 0) is 55.0 Å². The fourth-order valence-corrected chi connectivity index (χ4v) is 4.57. The molecule has 0 atom stereocenters. The van der Waals surface area contributed by atoms with Gasteiger partial charge in [0.05, 0.1) is 35.0 Å². The van der Waals surface area contributed by atoms with Gasteiger partial charge in [-0.2, -0.15) is 18.3 Å². The van der Waals surface area contributed by atoms with Gasteiger partial charge in [0, 0.05) is 0 Å². The van der Waals surface area contributed by atoms with E-state index in [1.807, 2.05) is 0 Å². The van der Waals surface area contributed by atoms with Crippen LogP contribution < -0.4 is 9.73 Å². The minimum Gasteiger partial charge on any atom is -0.465 e. The second-order valence-corrected chi connectivity index (χ2v) is 9.64. The number of nitrogens with one attached hydrogen (secondary N) is 1. The van der Waals surface area contributed by atoms with Gasteiger partial charge in [0.1, 0.15) is 6.54 Å². The molecule has 0 radical (unpaired) electrons. The summed E-state index contributed by atoms with van der Waals surface area (Å²) in [6.07, 6.45) is -3.46. The number of benzene rings is 3. The summed E-state index contributed by atoms with van der Waals surface area (Å²) in [5.74, 6) is -1.42. The number of esters is 1. The van der Waals surface area contributed by atoms with Crippen molar-refractivity contribution in [3.63, 3.8) is 0 Å². The van der Waals surface area contributed by atoms with Crippen molar-refractivity contribution in [2.45, 2.75) is 18.0 Å². The van der Waals surface area contributed by atoms with Crippen molar-refractivity contribution >= 4 is 33.8 Å².